The molecule has 0 amide bonds. The monoisotopic (exact) mass is 289 g/mol. The van der Waals surface area contributed by atoms with Crippen LogP contribution in [-0.4, -0.2) is 19.4 Å². The maximum atomic E-state index is 3.38. The summed E-state index contributed by atoms with van der Waals surface area (Å²) >= 11 is 3.38. The van der Waals surface area contributed by atoms with Gasteiger partial charge in [0, 0.05) is 5.33 Å². The van der Waals surface area contributed by atoms with Gasteiger partial charge in [0.15, 0.2) is 0 Å². The Kier molecular flexibility index (Phi) is 36.4. The van der Waals surface area contributed by atoms with Crippen LogP contribution in [0.25, 0.3) is 0 Å². The fourth-order valence-electron chi connectivity index (χ4n) is 0.521. The van der Waals surface area contributed by atoms with Gasteiger partial charge in [-0.1, -0.05) is 42.1 Å². The molecule has 0 radical (unpaired) electrons. The lowest BCUT2D eigenvalue weighted by atomic mass is 10.2. The Morgan fingerprint density at radius 1 is 1.09 bits per heavy atom. The van der Waals surface area contributed by atoms with Gasteiger partial charge in [-0.25, -0.2) is 0 Å². The highest BCUT2D eigenvalue weighted by Gasteiger charge is 1.81. The number of halogens is 2. The van der Waals surface area contributed by atoms with Gasteiger partial charge in [0.2, 0.25) is 0 Å². The van der Waals surface area contributed by atoms with Crippen molar-refractivity contribution in [2.45, 2.75) is 32.6 Å². The second-order valence-corrected chi connectivity index (χ2v) is 3.04. The minimum atomic E-state index is 0. The van der Waals surface area contributed by atoms with Crippen molar-refractivity contribution in [3.63, 3.8) is 0 Å². The SMILES string of the molecule is Br.CCCCCCBr.CNC. The second-order valence-electron chi connectivity index (χ2n) is 2.25. The van der Waals surface area contributed by atoms with Gasteiger partial charge in [0.05, 0.1) is 0 Å². The Balaban J connectivity index is -0.000000140. The van der Waals surface area contributed by atoms with Crippen LogP contribution in [-0.2, 0) is 0 Å². The average molecular weight is 291 g/mol. The van der Waals surface area contributed by atoms with Crippen molar-refractivity contribution < 1.29 is 0 Å². The van der Waals surface area contributed by atoms with Crippen LogP contribution in [0.5, 0.6) is 0 Å². The molecule has 0 bridgehead atoms. The van der Waals surface area contributed by atoms with E-state index in [9.17, 15) is 0 Å². The van der Waals surface area contributed by atoms with Crippen molar-refractivity contribution >= 4 is 32.9 Å². The molecule has 0 aromatic rings. The molecule has 1 nitrogen and oxygen atoms in total. The molecule has 0 aliphatic rings. The fraction of sp³-hybridized carbons (Fsp3) is 1.00. The molecule has 0 unspecified atom stereocenters. The Morgan fingerprint density at radius 3 is 1.82 bits per heavy atom. The highest BCUT2D eigenvalue weighted by atomic mass is 79.9. The molecule has 0 saturated carbocycles. The molecule has 0 fully saturated rings. The van der Waals surface area contributed by atoms with Crippen LogP contribution in [0.1, 0.15) is 32.6 Å². The van der Waals surface area contributed by atoms with Gasteiger partial charge in [-0.15, -0.1) is 17.0 Å². The number of rotatable bonds is 4. The third kappa shape index (κ3) is 35.9. The summed E-state index contributed by atoms with van der Waals surface area (Å²) in [5.74, 6) is 0. The Morgan fingerprint density at radius 2 is 1.55 bits per heavy atom. The number of hydrogen-bond acceptors (Lipinski definition) is 1. The summed E-state index contributed by atoms with van der Waals surface area (Å²) in [5, 5.41) is 3.92. The van der Waals surface area contributed by atoms with E-state index >= 15 is 0 Å². The molecular formula is C8H21Br2N. The summed E-state index contributed by atoms with van der Waals surface area (Å²) in [6.45, 7) is 2.23. The third-order valence-electron chi connectivity index (χ3n) is 0.987. The predicted octanol–water partition coefficient (Wildman–Crippen LogP) is 3.38. The van der Waals surface area contributed by atoms with Gasteiger partial charge in [-0.3, -0.25) is 0 Å². The highest BCUT2D eigenvalue weighted by molar-refractivity contribution is 9.09. The standard InChI is InChI=1S/C6H13Br.C2H7N.BrH/c1-2-3-4-5-6-7;1-3-2;/h2-6H2,1H3;3H,1-2H3;1H. The van der Waals surface area contributed by atoms with E-state index in [1.165, 1.54) is 31.0 Å². The first-order valence-electron chi connectivity index (χ1n) is 3.97. The number of hydrogen-bond donors (Lipinski definition) is 1. The highest BCUT2D eigenvalue weighted by Crippen LogP contribution is 1.99. The largest absolute Gasteiger partial charge is 0.323 e. The minimum Gasteiger partial charge on any atom is -0.323 e. The topological polar surface area (TPSA) is 12.0 Å². The lowest BCUT2D eigenvalue weighted by Crippen LogP contribution is -1.89. The van der Waals surface area contributed by atoms with E-state index in [1.807, 2.05) is 14.1 Å². The molecule has 72 valence electrons. The molecule has 0 spiro atoms. The molecule has 0 aromatic heterocycles. The normalized spacial score (nSPS) is 7.64. The first-order valence-corrected chi connectivity index (χ1v) is 5.10. The van der Waals surface area contributed by atoms with Gasteiger partial charge in [-0.05, 0) is 20.5 Å². The van der Waals surface area contributed by atoms with E-state index < -0.39 is 0 Å². The van der Waals surface area contributed by atoms with E-state index in [0.717, 1.165) is 0 Å². The van der Waals surface area contributed by atoms with Crippen LogP contribution in [0.3, 0.4) is 0 Å². The molecule has 11 heavy (non-hydrogen) atoms. The van der Waals surface area contributed by atoms with Crippen LogP contribution in [0.15, 0.2) is 0 Å². The summed E-state index contributed by atoms with van der Waals surface area (Å²) < 4.78 is 0. The summed E-state index contributed by atoms with van der Waals surface area (Å²) in [7, 11) is 3.75. The zero-order chi connectivity index (χ0) is 8.24. The van der Waals surface area contributed by atoms with E-state index in [4.69, 9.17) is 0 Å². The molecule has 0 aromatic carbocycles. The molecule has 0 aliphatic heterocycles. The summed E-state index contributed by atoms with van der Waals surface area (Å²) in [6, 6.07) is 0. The van der Waals surface area contributed by atoms with Gasteiger partial charge >= 0.3 is 0 Å². The lowest BCUT2D eigenvalue weighted by Gasteiger charge is -1.89. The van der Waals surface area contributed by atoms with Crippen molar-refractivity contribution in [2.75, 3.05) is 19.4 Å². The van der Waals surface area contributed by atoms with Gasteiger partial charge in [0.25, 0.3) is 0 Å². The van der Waals surface area contributed by atoms with Gasteiger partial charge < -0.3 is 5.32 Å². The molecule has 3 heteroatoms. The zero-order valence-electron chi connectivity index (χ0n) is 7.82. The molecule has 0 saturated heterocycles. The average Bonchev–Trinajstić information content (AvgIpc) is 1.91. The molecule has 0 rings (SSSR count). The fourth-order valence-corrected chi connectivity index (χ4v) is 0.918. The molecule has 0 heterocycles. The molecule has 0 atom stereocenters. The number of alkyl halides is 1. The Labute approximate surface area is 90.2 Å². The van der Waals surface area contributed by atoms with E-state index in [2.05, 4.69) is 28.2 Å². The van der Waals surface area contributed by atoms with Crippen molar-refractivity contribution in [3.8, 4) is 0 Å². The maximum absolute atomic E-state index is 3.38. The summed E-state index contributed by atoms with van der Waals surface area (Å²) in [4.78, 5) is 0. The number of nitrogens with one attached hydrogen (secondary N) is 1. The van der Waals surface area contributed by atoms with E-state index in [1.54, 1.807) is 0 Å². The van der Waals surface area contributed by atoms with Crippen LogP contribution in [0, 0.1) is 0 Å². The Hall–Kier alpha value is 0.920. The van der Waals surface area contributed by atoms with Gasteiger partial charge in [0.1, 0.15) is 0 Å². The van der Waals surface area contributed by atoms with Gasteiger partial charge in [-0.2, -0.15) is 0 Å². The molecule has 0 aliphatic carbocycles. The summed E-state index contributed by atoms with van der Waals surface area (Å²) in [5.41, 5.74) is 0. The van der Waals surface area contributed by atoms with Crippen molar-refractivity contribution in [2.24, 2.45) is 0 Å². The second kappa shape index (κ2) is 22.4. The van der Waals surface area contributed by atoms with Crippen LogP contribution in [0.4, 0.5) is 0 Å². The third-order valence-corrected chi connectivity index (χ3v) is 1.55. The minimum absolute atomic E-state index is 0. The zero-order valence-corrected chi connectivity index (χ0v) is 11.1. The van der Waals surface area contributed by atoms with Crippen molar-refractivity contribution in [1.82, 2.24) is 5.32 Å². The smallest absolute Gasteiger partial charge is 0.00313 e. The van der Waals surface area contributed by atoms with Crippen LogP contribution >= 0.6 is 32.9 Å². The number of unbranched alkanes of at least 4 members (excludes halogenated alkanes) is 3. The maximum Gasteiger partial charge on any atom is 0.00313 e. The first-order chi connectivity index (χ1) is 4.83. The van der Waals surface area contributed by atoms with E-state index in [-0.39, 0.29) is 17.0 Å². The first kappa shape index (κ1) is 17.9. The van der Waals surface area contributed by atoms with Crippen molar-refractivity contribution in [3.05, 3.63) is 0 Å². The predicted molar refractivity (Wildman–Crippen MR) is 63.2 cm³/mol. The lowest BCUT2D eigenvalue weighted by molar-refractivity contribution is 0.708. The van der Waals surface area contributed by atoms with Crippen LogP contribution in [0.2, 0.25) is 0 Å². The van der Waals surface area contributed by atoms with Crippen LogP contribution < -0.4 is 5.32 Å². The quantitative estimate of drug-likeness (QED) is 0.618. The molecular weight excluding hydrogens is 270 g/mol. The van der Waals surface area contributed by atoms with E-state index in [0.29, 0.717) is 0 Å². The van der Waals surface area contributed by atoms with Crippen molar-refractivity contribution in [1.29, 1.82) is 0 Å². The Bertz CT molecular complexity index is 39.1. The summed E-state index contributed by atoms with van der Waals surface area (Å²) in [6.07, 6.45) is 5.47. The molecule has 1 N–H and O–H groups in total.